The Morgan fingerprint density at radius 2 is 2.21 bits per heavy atom. The van der Waals surface area contributed by atoms with E-state index in [4.69, 9.17) is 16.9 Å². The standard InChI is InChI=1S/C8H4ClF3N2/c9-2-6-5(3-13)4(8(11)12)1-7(10)14-6/h1,8H,2H2. The fourth-order valence-electron chi connectivity index (χ4n) is 0.982. The molecule has 74 valence electrons. The Hall–Kier alpha value is -1.28. The van der Waals surface area contributed by atoms with Gasteiger partial charge in [0.15, 0.2) is 0 Å². The highest BCUT2D eigenvalue weighted by atomic mass is 35.5. The number of pyridine rings is 1. The second kappa shape index (κ2) is 4.29. The van der Waals surface area contributed by atoms with E-state index in [0.717, 1.165) is 0 Å². The van der Waals surface area contributed by atoms with E-state index in [1.807, 2.05) is 0 Å². The molecule has 0 atom stereocenters. The number of nitriles is 1. The highest BCUT2D eigenvalue weighted by molar-refractivity contribution is 6.17. The molecule has 0 spiro atoms. The van der Waals surface area contributed by atoms with Crippen LogP contribution in [-0.2, 0) is 5.88 Å². The Kier molecular flexibility index (Phi) is 3.31. The lowest BCUT2D eigenvalue weighted by atomic mass is 10.1. The molecule has 1 aromatic heterocycles. The Bertz CT molecular complexity index is 387. The first-order chi connectivity index (χ1) is 6.60. The maximum absolute atomic E-state index is 12.7. The number of hydrogen-bond acceptors (Lipinski definition) is 2. The van der Waals surface area contributed by atoms with Crippen LogP contribution in [0.5, 0.6) is 0 Å². The second-order valence-corrected chi connectivity index (χ2v) is 2.67. The van der Waals surface area contributed by atoms with Crippen LogP contribution in [0.15, 0.2) is 6.07 Å². The van der Waals surface area contributed by atoms with Gasteiger partial charge in [0.25, 0.3) is 6.43 Å². The maximum atomic E-state index is 12.7. The molecule has 1 rings (SSSR count). The van der Waals surface area contributed by atoms with Crippen molar-refractivity contribution >= 4 is 11.6 Å². The van der Waals surface area contributed by atoms with Crippen molar-refractivity contribution in [2.45, 2.75) is 12.3 Å². The van der Waals surface area contributed by atoms with Crippen molar-refractivity contribution in [2.75, 3.05) is 0 Å². The lowest BCUT2D eigenvalue weighted by Gasteiger charge is -2.05. The van der Waals surface area contributed by atoms with Gasteiger partial charge in [0, 0.05) is 11.6 Å². The number of aromatic nitrogens is 1. The molecule has 0 aliphatic heterocycles. The monoisotopic (exact) mass is 220 g/mol. The van der Waals surface area contributed by atoms with Gasteiger partial charge in [-0.05, 0) is 0 Å². The predicted molar refractivity (Wildman–Crippen MR) is 43.4 cm³/mol. The lowest BCUT2D eigenvalue weighted by Crippen LogP contribution is -2.01. The van der Waals surface area contributed by atoms with Gasteiger partial charge in [-0.25, -0.2) is 13.8 Å². The predicted octanol–water partition coefficient (Wildman–Crippen LogP) is 2.77. The maximum Gasteiger partial charge on any atom is 0.265 e. The molecule has 0 aromatic carbocycles. The molecule has 0 aliphatic rings. The topological polar surface area (TPSA) is 36.7 Å². The highest BCUT2D eigenvalue weighted by Gasteiger charge is 2.18. The summed E-state index contributed by atoms with van der Waals surface area (Å²) in [6, 6.07) is 2.07. The second-order valence-electron chi connectivity index (χ2n) is 2.40. The van der Waals surface area contributed by atoms with Crippen LogP contribution in [0.2, 0.25) is 0 Å². The quantitative estimate of drug-likeness (QED) is 0.568. The van der Waals surface area contributed by atoms with Gasteiger partial charge in [0.1, 0.15) is 6.07 Å². The van der Waals surface area contributed by atoms with E-state index < -0.39 is 17.9 Å². The number of halogens is 4. The van der Waals surface area contributed by atoms with Crippen molar-refractivity contribution in [3.8, 4) is 6.07 Å². The van der Waals surface area contributed by atoms with Gasteiger partial charge in [0.05, 0.1) is 17.1 Å². The molecule has 14 heavy (non-hydrogen) atoms. The van der Waals surface area contributed by atoms with Gasteiger partial charge in [0.2, 0.25) is 5.95 Å². The zero-order valence-electron chi connectivity index (χ0n) is 6.77. The third-order valence-electron chi connectivity index (χ3n) is 1.57. The Morgan fingerprint density at radius 1 is 1.57 bits per heavy atom. The summed E-state index contributed by atoms with van der Waals surface area (Å²) in [6.45, 7) is 0. The van der Waals surface area contributed by atoms with Gasteiger partial charge in [-0.1, -0.05) is 0 Å². The summed E-state index contributed by atoms with van der Waals surface area (Å²) in [6.07, 6.45) is -2.91. The molecule has 0 fully saturated rings. The molecular formula is C8H4ClF3N2. The van der Waals surface area contributed by atoms with Crippen LogP contribution in [0.4, 0.5) is 13.2 Å². The third kappa shape index (κ3) is 1.96. The fraction of sp³-hybridized carbons (Fsp3) is 0.250. The Labute approximate surface area is 82.9 Å². The van der Waals surface area contributed by atoms with E-state index in [0.29, 0.717) is 6.07 Å². The number of nitrogens with zero attached hydrogens (tertiary/aromatic N) is 2. The Balaban J connectivity index is 3.41. The van der Waals surface area contributed by atoms with Crippen molar-refractivity contribution < 1.29 is 13.2 Å². The van der Waals surface area contributed by atoms with Gasteiger partial charge >= 0.3 is 0 Å². The van der Waals surface area contributed by atoms with E-state index >= 15 is 0 Å². The van der Waals surface area contributed by atoms with Gasteiger partial charge < -0.3 is 0 Å². The SMILES string of the molecule is N#Cc1c(C(F)F)cc(F)nc1CCl. The molecule has 0 N–H and O–H groups in total. The molecule has 0 amide bonds. The van der Waals surface area contributed by atoms with Gasteiger partial charge in [-0.2, -0.15) is 9.65 Å². The van der Waals surface area contributed by atoms with Crippen LogP contribution in [0, 0.1) is 17.3 Å². The first-order valence-electron chi connectivity index (χ1n) is 3.53. The van der Waals surface area contributed by atoms with Crippen molar-refractivity contribution in [2.24, 2.45) is 0 Å². The summed E-state index contributed by atoms with van der Waals surface area (Å²) < 4.78 is 37.3. The molecule has 6 heteroatoms. The van der Waals surface area contributed by atoms with Crippen LogP contribution in [0.3, 0.4) is 0 Å². The third-order valence-corrected chi connectivity index (χ3v) is 1.82. The van der Waals surface area contributed by atoms with Crippen molar-refractivity contribution in [1.82, 2.24) is 4.98 Å². The number of alkyl halides is 3. The van der Waals surface area contributed by atoms with Crippen LogP contribution >= 0.6 is 11.6 Å². The zero-order valence-corrected chi connectivity index (χ0v) is 7.52. The minimum Gasteiger partial charge on any atom is -0.222 e. The number of rotatable bonds is 2. The average molecular weight is 221 g/mol. The molecule has 0 saturated heterocycles. The van der Waals surface area contributed by atoms with Crippen molar-refractivity contribution in [1.29, 1.82) is 5.26 Å². The zero-order chi connectivity index (χ0) is 10.7. The minimum atomic E-state index is -2.91. The first kappa shape index (κ1) is 10.8. The molecule has 1 aromatic rings. The van der Waals surface area contributed by atoms with Crippen molar-refractivity contribution in [3.05, 3.63) is 28.8 Å². The molecular weight excluding hydrogens is 217 g/mol. The summed E-state index contributed by atoms with van der Waals surface area (Å²) in [4.78, 5) is 3.25. The average Bonchev–Trinajstić information content (AvgIpc) is 2.16. The van der Waals surface area contributed by atoms with E-state index in [2.05, 4.69) is 4.98 Å². The van der Waals surface area contributed by atoms with E-state index in [1.165, 1.54) is 6.07 Å². The van der Waals surface area contributed by atoms with Crippen LogP contribution in [-0.4, -0.2) is 4.98 Å². The molecule has 0 unspecified atom stereocenters. The molecule has 2 nitrogen and oxygen atoms in total. The summed E-state index contributed by atoms with van der Waals surface area (Å²) in [5.74, 6) is -1.34. The molecule has 0 bridgehead atoms. The lowest BCUT2D eigenvalue weighted by molar-refractivity contribution is 0.150. The summed E-state index contributed by atoms with van der Waals surface area (Å²) in [5.41, 5.74) is -1.18. The first-order valence-corrected chi connectivity index (χ1v) is 4.07. The molecule has 1 heterocycles. The minimum absolute atomic E-state index is 0.163. The Morgan fingerprint density at radius 3 is 2.64 bits per heavy atom. The largest absolute Gasteiger partial charge is 0.265 e. The van der Waals surface area contributed by atoms with Gasteiger partial charge in [-0.15, -0.1) is 11.6 Å². The normalized spacial score (nSPS) is 10.3. The van der Waals surface area contributed by atoms with Crippen LogP contribution in [0.25, 0.3) is 0 Å². The van der Waals surface area contributed by atoms with Crippen LogP contribution < -0.4 is 0 Å². The summed E-state index contributed by atoms with van der Waals surface area (Å²) >= 11 is 5.33. The number of hydrogen-bond donors (Lipinski definition) is 0. The van der Waals surface area contributed by atoms with Crippen LogP contribution in [0.1, 0.15) is 23.2 Å². The van der Waals surface area contributed by atoms with E-state index in [-0.39, 0.29) is 17.1 Å². The molecule has 0 aliphatic carbocycles. The highest BCUT2D eigenvalue weighted by Crippen LogP contribution is 2.25. The van der Waals surface area contributed by atoms with E-state index in [9.17, 15) is 13.2 Å². The summed E-state index contributed by atoms with van der Waals surface area (Å²) in [5, 5.41) is 8.57. The van der Waals surface area contributed by atoms with Crippen molar-refractivity contribution in [3.63, 3.8) is 0 Å². The van der Waals surface area contributed by atoms with Gasteiger partial charge in [-0.3, -0.25) is 0 Å². The molecule has 0 saturated carbocycles. The summed E-state index contributed by atoms with van der Waals surface area (Å²) in [7, 11) is 0. The molecule has 0 radical (unpaired) electrons. The fourth-order valence-corrected chi connectivity index (χ4v) is 1.18. The van der Waals surface area contributed by atoms with E-state index in [1.54, 1.807) is 0 Å². The smallest absolute Gasteiger partial charge is 0.222 e.